The van der Waals surface area contributed by atoms with E-state index in [-0.39, 0.29) is 12.3 Å². The fraction of sp³-hybridized carbons (Fsp3) is 0.389. The quantitative estimate of drug-likeness (QED) is 0.619. The van der Waals surface area contributed by atoms with Gasteiger partial charge in [-0.05, 0) is 31.2 Å². The molecule has 1 aromatic carbocycles. The second-order valence-electron chi connectivity index (χ2n) is 5.76. The predicted octanol–water partition coefficient (Wildman–Crippen LogP) is 2.30. The van der Waals surface area contributed by atoms with Gasteiger partial charge in [-0.3, -0.25) is 14.9 Å². The van der Waals surface area contributed by atoms with E-state index >= 15 is 0 Å². The Morgan fingerprint density at radius 1 is 1.25 bits per heavy atom. The Morgan fingerprint density at radius 3 is 2.67 bits per heavy atom. The number of rotatable bonds is 6. The molecule has 0 radical (unpaired) electrons. The molecule has 3 amide bonds. The number of imide groups is 1. The van der Waals surface area contributed by atoms with Gasteiger partial charge in [0.25, 0.3) is 5.91 Å². The molecule has 0 bridgehead atoms. The molecule has 24 heavy (non-hydrogen) atoms. The topological polar surface area (TPSA) is 84.5 Å². The van der Waals surface area contributed by atoms with Crippen molar-refractivity contribution in [1.29, 1.82) is 0 Å². The highest BCUT2D eigenvalue weighted by Gasteiger charge is 2.22. The van der Waals surface area contributed by atoms with Crippen LogP contribution in [-0.2, 0) is 20.9 Å². The first-order chi connectivity index (χ1) is 11.5. The zero-order chi connectivity index (χ0) is 17.4. The molecule has 0 fully saturated rings. The molecule has 6 heteroatoms. The van der Waals surface area contributed by atoms with Gasteiger partial charge in [0.2, 0.25) is 0 Å². The van der Waals surface area contributed by atoms with Gasteiger partial charge in [-0.25, -0.2) is 4.79 Å². The molecule has 2 atom stereocenters. The number of carbonyl (C=O) groups excluding carboxylic acids is 3. The average Bonchev–Trinajstić information content (AvgIpc) is 3.06. The Morgan fingerprint density at radius 2 is 2.00 bits per heavy atom. The van der Waals surface area contributed by atoms with E-state index in [4.69, 9.17) is 4.74 Å². The summed E-state index contributed by atoms with van der Waals surface area (Å²) < 4.78 is 5.07. The van der Waals surface area contributed by atoms with Crippen molar-refractivity contribution < 1.29 is 19.1 Å². The summed E-state index contributed by atoms with van der Waals surface area (Å²) in [5.41, 5.74) is 0.921. The average molecular weight is 330 g/mol. The van der Waals surface area contributed by atoms with Crippen LogP contribution in [0.4, 0.5) is 4.79 Å². The lowest BCUT2D eigenvalue weighted by Crippen LogP contribution is -2.44. The largest absolute Gasteiger partial charge is 0.453 e. The standard InChI is InChI=1S/C18H22N2O4/c1-13(24-16(21)11-14-7-5-6-8-14)17(22)20-18(23)19-12-15-9-3-2-4-10-15/h2-5,7,9-10,13-14H,6,8,11-12H2,1H3,(H2,19,20,22,23)/t13-,14+/m1/s1. The summed E-state index contributed by atoms with van der Waals surface area (Å²) in [7, 11) is 0. The van der Waals surface area contributed by atoms with Crippen LogP contribution in [0.3, 0.4) is 0 Å². The first kappa shape index (κ1) is 17.7. The van der Waals surface area contributed by atoms with Crippen LogP contribution in [-0.4, -0.2) is 24.0 Å². The normalized spacial score (nSPS) is 17.1. The molecular weight excluding hydrogens is 308 g/mol. The lowest BCUT2D eigenvalue weighted by atomic mass is 10.1. The third-order valence-corrected chi connectivity index (χ3v) is 3.75. The van der Waals surface area contributed by atoms with Crippen molar-refractivity contribution in [2.75, 3.05) is 0 Å². The van der Waals surface area contributed by atoms with Gasteiger partial charge in [-0.1, -0.05) is 42.5 Å². The van der Waals surface area contributed by atoms with Gasteiger partial charge in [0.1, 0.15) is 0 Å². The Hall–Kier alpha value is -2.63. The number of esters is 1. The molecule has 0 unspecified atom stereocenters. The molecule has 2 N–H and O–H groups in total. The number of ether oxygens (including phenoxy) is 1. The van der Waals surface area contributed by atoms with Crippen LogP contribution in [0, 0.1) is 5.92 Å². The van der Waals surface area contributed by atoms with E-state index in [9.17, 15) is 14.4 Å². The molecular formula is C18H22N2O4. The Bertz CT molecular complexity index is 613. The predicted molar refractivity (Wildman–Crippen MR) is 88.9 cm³/mol. The highest BCUT2D eigenvalue weighted by atomic mass is 16.5. The number of urea groups is 1. The van der Waals surface area contributed by atoms with Crippen LogP contribution in [0.1, 0.15) is 31.7 Å². The number of amides is 3. The van der Waals surface area contributed by atoms with E-state index in [0.717, 1.165) is 18.4 Å². The van der Waals surface area contributed by atoms with Crippen LogP contribution in [0.25, 0.3) is 0 Å². The van der Waals surface area contributed by atoms with Gasteiger partial charge in [0.15, 0.2) is 6.10 Å². The van der Waals surface area contributed by atoms with Crippen LogP contribution in [0.15, 0.2) is 42.5 Å². The van der Waals surface area contributed by atoms with Gasteiger partial charge in [-0.15, -0.1) is 0 Å². The molecule has 0 saturated heterocycles. The van der Waals surface area contributed by atoms with Crippen LogP contribution in [0.5, 0.6) is 0 Å². The molecule has 1 aliphatic carbocycles. The third kappa shape index (κ3) is 5.87. The van der Waals surface area contributed by atoms with E-state index in [0.29, 0.717) is 6.54 Å². The summed E-state index contributed by atoms with van der Waals surface area (Å²) in [6.45, 7) is 1.75. The maximum atomic E-state index is 11.9. The number of allylic oxidation sites excluding steroid dienone is 2. The number of hydrogen-bond donors (Lipinski definition) is 2. The van der Waals surface area contributed by atoms with Gasteiger partial charge >= 0.3 is 12.0 Å². The van der Waals surface area contributed by atoms with E-state index < -0.39 is 24.0 Å². The Balaban J connectivity index is 1.69. The minimum absolute atomic E-state index is 0.182. The maximum absolute atomic E-state index is 11.9. The minimum Gasteiger partial charge on any atom is -0.453 e. The molecule has 0 aromatic heterocycles. The first-order valence-corrected chi connectivity index (χ1v) is 8.03. The molecule has 2 rings (SSSR count). The smallest absolute Gasteiger partial charge is 0.321 e. The summed E-state index contributed by atoms with van der Waals surface area (Å²) in [4.78, 5) is 35.4. The summed E-state index contributed by atoms with van der Waals surface area (Å²) in [6, 6.07) is 8.71. The van der Waals surface area contributed by atoms with Crippen LogP contribution < -0.4 is 10.6 Å². The molecule has 6 nitrogen and oxygen atoms in total. The summed E-state index contributed by atoms with van der Waals surface area (Å²) in [5.74, 6) is -0.892. The van der Waals surface area contributed by atoms with Crippen molar-refractivity contribution >= 4 is 17.9 Å². The second-order valence-corrected chi connectivity index (χ2v) is 5.76. The molecule has 1 aromatic rings. The van der Waals surface area contributed by atoms with E-state index in [1.165, 1.54) is 6.92 Å². The fourth-order valence-corrected chi connectivity index (χ4v) is 2.41. The van der Waals surface area contributed by atoms with Crippen LogP contribution >= 0.6 is 0 Å². The zero-order valence-electron chi connectivity index (χ0n) is 13.7. The fourth-order valence-electron chi connectivity index (χ4n) is 2.41. The zero-order valence-corrected chi connectivity index (χ0v) is 13.7. The molecule has 1 aliphatic rings. The summed E-state index contributed by atoms with van der Waals surface area (Å²) >= 11 is 0. The minimum atomic E-state index is -1.01. The molecule has 0 heterocycles. The number of carbonyl (C=O) groups is 3. The summed E-state index contributed by atoms with van der Waals surface area (Å²) in [6.07, 6.45) is 5.17. The van der Waals surface area contributed by atoms with Crippen molar-refractivity contribution in [3.63, 3.8) is 0 Å². The van der Waals surface area contributed by atoms with Crippen molar-refractivity contribution in [3.05, 3.63) is 48.0 Å². The first-order valence-electron chi connectivity index (χ1n) is 8.03. The van der Waals surface area contributed by atoms with Gasteiger partial charge < -0.3 is 10.1 Å². The SMILES string of the molecule is C[C@@H](OC(=O)C[C@H]1C=CCC1)C(=O)NC(=O)NCc1ccccc1. The lowest BCUT2D eigenvalue weighted by molar-refractivity contribution is -0.155. The molecule has 0 spiro atoms. The Kier molecular flexibility index (Phi) is 6.54. The van der Waals surface area contributed by atoms with Gasteiger partial charge in [0, 0.05) is 6.54 Å². The van der Waals surface area contributed by atoms with E-state index in [2.05, 4.69) is 10.6 Å². The van der Waals surface area contributed by atoms with Crippen molar-refractivity contribution in [3.8, 4) is 0 Å². The van der Waals surface area contributed by atoms with Gasteiger partial charge in [0.05, 0.1) is 6.42 Å². The second kappa shape index (κ2) is 8.86. The van der Waals surface area contributed by atoms with Crippen molar-refractivity contribution in [1.82, 2.24) is 10.6 Å². The van der Waals surface area contributed by atoms with Crippen LogP contribution in [0.2, 0.25) is 0 Å². The third-order valence-electron chi connectivity index (χ3n) is 3.75. The molecule has 0 aliphatic heterocycles. The van der Waals surface area contributed by atoms with Gasteiger partial charge in [-0.2, -0.15) is 0 Å². The summed E-state index contributed by atoms with van der Waals surface area (Å²) in [5, 5.41) is 4.75. The monoisotopic (exact) mass is 330 g/mol. The number of nitrogens with one attached hydrogen (secondary N) is 2. The highest BCUT2D eigenvalue weighted by molar-refractivity contribution is 5.97. The maximum Gasteiger partial charge on any atom is 0.321 e. The molecule has 128 valence electrons. The van der Waals surface area contributed by atoms with Crippen molar-refractivity contribution in [2.24, 2.45) is 5.92 Å². The lowest BCUT2D eigenvalue weighted by Gasteiger charge is -2.14. The molecule has 0 saturated carbocycles. The van der Waals surface area contributed by atoms with E-state index in [1.807, 2.05) is 42.5 Å². The van der Waals surface area contributed by atoms with Crippen molar-refractivity contribution in [2.45, 2.75) is 38.8 Å². The van der Waals surface area contributed by atoms with E-state index in [1.54, 1.807) is 0 Å². The number of hydrogen-bond acceptors (Lipinski definition) is 4. The number of benzene rings is 1. The Labute approximate surface area is 141 Å². The highest BCUT2D eigenvalue weighted by Crippen LogP contribution is 2.20.